The summed E-state index contributed by atoms with van der Waals surface area (Å²) < 4.78 is 5.14. The fourth-order valence-corrected chi connectivity index (χ4v) is 1.50. The van der Waals surface area contributed by atoms with Gasteiger partial charge in [-0.2, -0.15) is 0 Å². The summed E-state index contributed by atoms with van der Waals surface area (Å²) in [5, 5.41) is 10.4. The number of aliphatic hydroxyl groups is 1. The third-order valence-corrected chi connectivity index (χ3v) is 2.58. The molecule has 1 aromatic rings. The predicted molar refractivity (Wildman–Crippen MR) is 57.6 cm³/mol. The van der Waals surface area contributed by atoms with E-state index in [4.69, 9.17) is 16.3 Å². The maximum atomic E-state index is 9.75. The van der Waals surface area contributed by atoms with Crippen molar-refractivity contribution in [1.29, 1.82) is 0 Å². The van der Waals surface area contributed by atoms with E-state index < -0.39 is 6.10 Å². The zero-order valence-corrected chi connectivity index (χ0v) is 9.21. The fraction of sp³-hybridized carbons (Fsp3) is 0.455. The highest BCUT2D eigenvalue weighted by Crippen LogP contribution is 2.26. The van der Waals surface area contributed by atoms with Gasteiger partial charge in [0.1, 0.15) is 6.10 Å². The van der Waals surface area contributed by atoms with E-state index >= 15 is 0 Å². The zero-order valence-electron chi connectivity index (χ0n) is 8.46. The van der Waals surface area contributed by atoms with Crippen LogP contribution < -0.4 is 0 Å². The molecule has 2 nitrogen and oxygen atoms in total. The average molecular weight is 215 g/mol. The number of aryl methyl sites for hydroxylation is 1. The molecule has 0 aliphatic carbocycles. The van der Waals surface area contributed by atoms with Crippen molar-refractivity contribution in [2.45, 2.75) is 20.0 Å². The number of ether oxygens (including phenoxy) is 1. The minimum Gasteiger partial charge on any atom is -0.386 e. The van der Waals surface area contributed by atoms with Gasteiger partial charge in [0.25, 0.3) is 0 Å². The third kappa shape index (κ3) is 2.71. The first-order valence-corrected chi connectivity index (χ1v) is 5.05. The molecule has 1 atom stereocenters. The molecule has 0 heterocycles. The van der Waals surface area contributed by atoms with Gasteiger partial charge in [-0.3, -0.25) is 0 Å². The Bertz CT molecular complexity index is 299. The second-order valence-electron chi connectivity index (χ2n) is 3.15. The van der Waals surface area contributed by atoms with E-state index in [0.29, 0.717) is 18.2 Å². The first-order valence-electron chi connectivity index (χ1n) is 4.67. The van der Waals surface area contributed by atoms with E-state index in [9.17, 15) is 5.11 Å². The van der Waals surface area contributed by atoms with Crippen LogP contribution in [0.25, 0.3) is 0 Å². The monoisotopic (exact) mass is 214 g/mol. The quantitative estimate of drug-likeness (QED) is 0.835. The van der Waals surface area contributed by atoms with Gasteiger partial charge < -0.3 is 9.84 Å². The molecule has 14 heavy (non-hydrogen) atoms. The van der Waals surface area contributed by atoms with Crippen LogP contribution in [-0.4, -0.2) is 18.3 Å². The van der Waals surface area contributed by atoms with Gasteiger partial charge in [-0.1, -0.05) is 29.8 Å². The SMILES string of the molecule is CCOCC(O)c1cccc(C)c1Cl. The topological polar surface area (TPSA) is 29.5 Å². The molecule has 3 heteroatoms. The standard InChI is InChI=1S/C11H15ClO2/c1-3-14-7-10(13)9-6-4-5-8(2)11(9)12/h4-6,10,13H,3,7H2,1-2H3. The summed E-state index contributed by atoms with van der Waals surface area (Å²) in [5.74, 6) is 0. The van der Waals surface area contributed by atoms with E-state index in [1.54, 1.807) is 0 Å². The van der Waals surface area contributed by atoms with Crippen molar-refractivity contribution >= 4 is 11.6 Å². The average Bonchev–Trinajstić information content (AvgIpc) is 2.18. The molecular formula is C11H15ClO2. The Labute approximate surface area is 89.5 Å². The normalized spacial score (nSPS) is 12.9. The van der Waals surface area contributed by atoms with Crippen LogP contribution in [0.4, 0.5) is 0 Å². The van der Waals surface area contributed by atoms with Crippen LogP contribution in [0.15, 0.2) is 18.2 Å². The molecule has 0 radical (unpaired) electrons. The lowest BCUT2D eigenvalue weighted by Crippen LogP contribution is -2.07. The first-order chi connectivity index (χ1) is 6.66. The molecule has 0 spiro atoms. The van der Waals surface area contributed by atoms with Gasteiger partial charge in [0, 0.05) is 17.2 Å². The zero-order chi connectivity index (χ0) is 10.6. The Hall–Kier alpha value is -0.570. The van der Waals surface area contributed by atoms with Crippen LogP contribution in [-0.2, 0) is 4.74 Å². The Kier molecular flexibility index (Phi) is 4.39. The van der Waals surface area contributed by atoms with Gasteiger partial charge in [0.2, 0.25) is 0 Å². The molecule has 1 aromatic carbocycles. The highest BCUT2D eigenvalue weighted by atomic mass is 35.5. The summed E-state index contributed by atoms with van der Waals surface area (Å²) in [6.45, 7) is 4.70. The lowest BCUT2D eigenvalue weighted by molar-refractivity contribution is 0.0420. The molecule has 0 bridgehead atoms. The fourth-order valence-electron chi connectivity index (χ4n) is 1.25. The number of hydrogen-bond acceptors (Lipinski definition) is 2. The molecule has 1 rings (SSSR count). The van der Waals surface area contributed by atoms with Crippen LogP contribution >= 0.6 is 11.6 Å². The van der Waals surface area contributed by atoms with Crippen molar-refractivity contribution < 1.29 is 9.84 Å². The minimum atomic E-state index is -0.637. The Balaban J connectivity index is 2.79. The maximum absolute atomic E-state index is 9.75. The van der Waals surface area contributed by atoms with Crippen molar-refractivity contribution in [3.63, 3.8) is 0 Å². The molecule has 0 saturated heterocycles. The molecule has 0 amide bonds. The summed E-state index contributed by atoms with van der Waals surface area (Å²) in [5.41, 5.74) is 1.71. The number of aliphatic hydroxyl groups excluding tert-OH is 1. The van der Waals surface area contributed by atoms with Crippen molar-refractivity contribution in [3.05, 3.63) is 34.3 Å². The number of halogens is 1. The second-order valence-corrected chi connectivity index (χ2v) is 3.53. The van der Waals surface area contributed by atoms with E-state index in [0.717, 1.165) is 11.1 Å². The number of benzene rings is 1. The highest BCUT2D eigenvalue weighted by Gasteiger charge is 2.12. The molecule has 78 valence electrons. The number of hydrogen-bond donors (Lipinski definition) is 1. The van der Waals surface area contributed by atoms with Gasteiger partial charge >= 0.3 is 0 Å². The minimum absolute atomic E-state index is 0.291. The highest BCUT2D eigenvalue weighted by molar-refractivity contribution is 6.32. The van der Waals surface area contributed by atoms with Crippen LogP contribution in [0, 0.1) is 6.92 Å². The molecular weight excluding hydrogens is 200 g/mol. The first kappa shape index (κ1) is 11.5. The summed E-state index contributed by atoms with van der Waals surface area (Å²) >= 11 is 6.05. The molecule has 0 aliphatic rings. The summed E-state index contributed by atoms with van der Waals surface area (Å²) in [6, 6.07) is 5.62. The van der Waals surface area contributed by atoms with Crippen molar-refractivity contribution in [2.75, 3.05) is 13.2 Å². The summed E-state index contributed by atoms with van der Waals surface area (Å²) in [7, 11) is 0. The van der Waals surface area contributed by atoms with Crippen LogP contribution in [0.1, 0.15) is 24.2 Å². The van der Waals surface area contributed by atoms with E-state index in [1.165, 1.54) is 0 Å². The number of rotatable bonds is 4. The Morgan fingerprint density at radius 3 is 2.86 bits per heavy atom. The summed E-state index contributed by atoms with van der Waals surface area (Å²) in [4.78, 5) is 0. The predicted octanol–water partition coefficient (Wildman–Crippen LogP) is 2.72. The van der Waals surface area contributed by atoms with Gasteiger partial charge in [-0.15, -0.1) is 0 Å². The van der Waals surface area contributed by atoms with Crippen LogP contribution in [0.2, 0.25) is 5.02 Å². The third-order valence-electron chi connectivity index (χ3n) is 2.06. The van der Waals surface area contributed by atoms with Crippen LogP contribution in [0.5, 0.6) is 0 Å². The van der Waals surface area contributed by atoms with Gasteiger partial charge in [-0.25, -0.2) is 0 Å². The van der Waals surface area contributed by atoms with Crippen molar-refractivity contribution in [3.8, 4) is 0 Å². The molecule has 0 aromatic heterocycles. The Morgan fingerprint density at radius 2 is 2.21 bits per heavy atom. The molecule has 1 N–H and O–H groups in total. The van der Waals surface area contributed by atoms with Gasteiger partial charge in [-0.05, 0) is 19.4 Å². The Morgan fingerprint density at radius 1 is 1.50 bits per heavy atom. The molecule has 0 saturated carbocycles. The molecule has 0 fully saturated rings. The van der Waals surface area contributed by atoms with Gasteiger partial charge in [0.05, 0.1) is 6.61 Å². The lowest BCUT2D eigenvalue weighted by Gasteiger charge is -2.13. The van der Waals surface area contributed by atoms with Crippen molar-refractivity contribution in [2.24, 2.45) is 0 Å². The largest absolute Gasteiger partial charge is 0.386 e. The molecule has 0 aliphatic heterocycles. The smallest absolute Gasteiger partial charge is 0.104 e. The second kappa shape index (κ2) is 5.35. The maximum Gasteiger partial charge on any atom is 0.104 e. The van der Waals surface area contributed by atoms with E-state index in [-0.39, 0.29) is 0 Å². The van der Waals surface area contributed by atoms with E-state index in [1.807, 2.05) is 32.0 Å². The molecule has 1 unspecified atom stereocenters. The van der Waals surface area contributed by atoms with Gasteiger partial charge in [0.15, 0.2) is 0 Å². The van der Waals surface area contributed by atoms with Crippen molar-refractivity contribution in [1.82, 2.24) is 0 Å². The van der Waals surface area contributed by atoms with Crippen LogP contribution in [0.3, 0.4) is 0 Å². The lowest BCUT2D eigenvalue weighted by atomic mass is 10.1. The van der Waals surface area contributed by atoms with E-state index in [2.05, 4.69) is 0 Å². The summed E-state index contributed by atoms with van der Waals surface area (Å²) in [6.07, 6.45) is -0.637.